The van der Waals surface area contributed by atoms with Gasteiger partial charge in [-0.1, -0.05) is 0 Å². The van der Waals surface area contributed by atoms with Gasteiger partial charge in [-0.2, -0.15) is 0 Å². The first-order valence-corrected chi connectivity index (χ1v) is 5.04. The van der Waals surface area contributed by atoms with Gasteiger partial charge in [0.15, 0.2) is 0 Å². The van der Waals surface area contributed by atoms with Crippen LogP contribution >= 0.6 is 0 Å². The first-order chi connectivity index (χ1) is 6.69. The Morgan fingerprint density at radius 3 is 2.64 bits per heavy atom. The zero-order valence-corrected chi connectivity index (χ0v) is 9.44. The van der Waals surface area contributed by atoms with Gasteiger partial charge in [-0.25, -0.2) is 4.98 Å². The third-order valence-corrected chi connectivity index (χ3v) is 2.17. The fraction of sp³-hybridized carbons (Fsp3) is 0.545. The van der Waals surface area contributed by atoms with Crippen LogP contribution in [0, 0.1) is 13.8 Å². The monoisotopic (exact) mass is 193 g/mol. The highest BCUT2D eigenvalue weighted by molar-refractivity contribution is 5.49. The Hall–Kier alpha value is -1.09. The molecule has 1 aromatic heterocycles. The summed E-state index contributed by atoms with van der Waals surface area (Å²) in [7, 11) is 1.95. The maximum absolute atomic E-state index is 4.49. The van der Waals surface area contributed by atoms with Crippen molar-refractivity contribution >= 4 is 5.82 Å². The normalized spacial score (nSPS) is 10.3. The van der Waals surface area contributed by atoms with Gasteiger partial charge in [0.2, 0.25) is 0 Å². The summed E-state index contributed by atoms with van der Waals surface area (Å²) >= 11 is 0. The van der Waals surface area contributed by atoms with E-state index < -0.39 is 0 Å². The molecule has 14 heavy (non-hydrogen) atoms. The average molecular weight is 193 g/mol. The molecule has 78 valence electrons. The van der Waals surface area contributed by atoms with E-state index in [0.29, 0.717) is 0 Å². The quantitative estimate of drug-likeness (QED) is 0.766. The van der Waals surface area contributed by atoms with Crippen molar-refractivity contribution in [3.8, 4) is 0 Å². The zero-order chi connectivity index (χ0) is 10.6. The summed E-state index contributed by atoms with van der Waals surface area (Å²) in [5.41, 5.74) is 3.63. The lowest BCUT2D eigenvalue weighted by Gasteiger charge is -2.13. The van der Waals surface area contributed by atoms with Crippen LogP contribution in [0.2, 0.25) is 0 Å². The molecule has 3 heteroatoms. The second-order valence-electron chi connectivity index (χ2n) is 3.47. The van der Waals surface area contributed by atoms with E-state index in [1.54, 1.807) is 0 Å². The average Bonchev–Trinajstić information content (AvgIpc) is 2.11. The molecule has 2 N–H and O–H groups in total. The van der Waals surface area contributed by atoms with Crippen molar-refractivity contribution < 1.29 is 0 Å². The van der Waals surface area contributed by atoms with Gasteiger partial charge in [0.1, 0.15) is 5.82 Å². The van der Waals surface area contributed by atoms with Gasteiger partial charge < -0.3 is 10.6 Å². The number of pyridine rings is 1. The Labute approximate surface area is 85.9 Å². The van der Waals surface area contributed by atoms with Gasteiger partial charge >= 0.3 is 0 Å². The van der Waals surface area contributed by atoms with Crippen molar-refractivity contribution in [3.05, 3.63) is 22.9 Å². The molecule has 0 bridgehead atoms. The second-order valence-corrected chi connectivity index (χ2v) is 3.47. The summed E-state index contributed by atoms with van der Waals surface area (Å²) in [6, 6.07) is 2.12. The van der Waals surface area contributed by atoms with Crippen LogP contribution in [0.3, 0.4) is 0 Å². The summed E-state index contributed by atoms with van der Waals surface area (Å²) < 4.78 is 0. The number of anilines is 1. The Morgan fingerprint density at radius 1 is 1.36 bits per heavy atom. The smallest absolute Gasteiger partial charge is 0.131 e. The zero-order valence-electron chi connectivity index (χ0n) is 9.44. The van der Waals surface area contributed by atoms with Crippen molar-refractivity contribution in [2.45, 2.75) is 27.3 Å². The Morgan fingerprint density at radius 2 is 2.07 bits per heavy atom. The largest absolute Gasteiger partial charge is 0.370 e. The SMILES string of the molecule is CCNc1nc(C)cc(C)c1CNC. The predicted octanol–water partition coefficient (Wildman–Crippen LogP) is 1.85. The van der Waals surface area contributed by atoms with E-state index in [0.717, 1.165) is 24.6 Å². The molecule has 1 rings (SSSR count). The molecule has 0 aliphatic rings. The summed E-state index contributed by atoms with van der Waals surface area (Å²) in [5.74, 6) is 1.01. The number of aryl methyl sites for hydroxylation is 2. The van der Waals surface area contributed by atoms with E-state index >= 15 is 0 Å². The second kappa shape index (κ2) is 4.96. The molecule has 1 aromatic rings. The molecule has 0 fully saturated rings. The van der Waals surface area contributed by atoms with Gasteiger partial charge in [-0.05, 0) is 39.4 Å². The van der Waals surface area contributed by atoms with E-state index in [2.05, 4.69) is 35.5 Å². The lowest BCUT2D eigenvalue weighted by atomic mass is 10.1. The van der Waals surface area contributed by atoms with Crippen LogP contribution in [0.1, 0.15) is 23.7 Å². The van der Waals surface area contributed by atoms with Crippen LogP contribution in [0.15, 0.2) is 6.07 Å². The van der Waals surface area contributed by atoms with E-state index in [4.69, 9.17) is 0 Å². The standard InChI is InChI=1S/C11H19N3/c1-5-13-11-10(7-12-4)8(2)6-9(3)14-11/h6,12H,5,7H2,1-4H3,(H,13,14). The maximum atomic E-state index is 4.49. The van der Waals surface area contributed by atoms with E-state index in [1.165, 1.54) is 11.1 Å². The highest BCUT2D eigenvalue weighted by atomic mass is 15.0. The third kappa shape index (κ3) is 2.45. The lowest BCUT2D eigenvalue weighted by molar-refractivity contribution is 0.806. The van der Waals surface area contributed by atoms with Crippen LogP contribution in [-0.4, -0.2) is 18.6 Å². The molecule has 0 atom stereocenters. The Bertz CT molecular complexity index is 308. The van der Waals surface area contributed by atoms with Crippen molar-refractivity contribution in [1.29, 1.82) is 0 Å². The highest BCUT2D eigenvalue weighted by Crippen LogP contribution is 2.18. The number of nitrogens with zero attached hydrogens (tertiary/aromatic N) is 1. The number of rotatable bonds is 4. The molecule has 0 saturated carbocycles. The van der Waals surface area contributed by atoms with Gasteiger partial charge in [-0.15, -0.1) is 0 Å². The minimum atomic E-state index is 0.863. The molecule has 0 saturated heterocycles. The minimum absolute atomic E-state index is 0.863. The molecule has 0 aromatic carbocycles. The molecular weight excluding hydrogens is 174 g/mol. The number of hydrogen-bond acceptors (Lipinski definition) is 3. The summed E-state index contributed by atoms with van der Waals surface area (Å²) in [4.78, 5) is 4.49. The van der Waals surface area contributed by atoms with Crippen LogP contribution < -0.4 is 10.6 Å². The first kappa shape index (κ1) is 11.0. The molecular formula is C11H19N3. The van der Waals surface area contributed by atoms with Crippen molar-refractivity contribution in [1.82, 2.24) is 10.3 Å². The van der Waals surface area contributed by atoms with Gasteiger partial charge in [0.25, 0.3) is 0 Å². The molecule has 0 unspecified atom stereocenters. The van der Waals surface area contributed by atoms with Crippen LogP contribution in [0.25, 0.3) is 0 Å². The van der Waals surface area contributed by atoms with E-state index in [1.807, 2.05) is 14.0 Å². The van der Waals surface area contributed by atoms with Crippen molar-refractivity contribution in [2.24, 2.45) is 0 Å². The Kier molecular flexibility index (Phi) is 3.89. The number of hydrogen-bond donors (Lipinski definition) is 2. The van der Waals surface area contributed by atoms with Crippen LogP contribution in [0.4, 0.5) is 5.82 Å². The minimum Gasteiger partial charge on any atom is -0.370 e. The Balaban J connectivity index is 3.07. The van der Waals surface area contributed by atoms with Crippen LogP contribution in [0.5, 0.6) is 0 Å². The fourth-order valence-corrected chi connectivity index (χ4v) is 1.58. The van der Waals surface area contributed by atoms with Gasteiger partial charge in [0.05, 0.1) is 0 Å². The predicted molar refractivity (Wildman–Crippen MR) is 60.6 cm³/mol. The molecule has 0 aliphatic carbocycles. The van der Waals surface area contributed by atoms with Crippen LogP contribution in [-0.2, 0) is 6.54 Å². The molecule has 0 aliphatic heterocycles. The maximum Gasteiger partial charge on any atom is 0.131 e. The molecule has 1 heterocycles. The van der Waals surface area contributed by atoms with Gasteiger partial charge in [0, 0.05) is 24.3 Å². The van der Waals surface area contributed by atoms with Crippen molar-refractivity contribution in [3.63, 3.8) is 0 Å². The lowest BCUT2D eigenvalue weighted by Crippen LogP contribution is -2.12. The summed E-state index contributed by atoms with van der Waals surface area (Å²) in [5, 5.41) is 6.45. The number of nitrogens with one attached hydrogen (secondary N) is 2. The van der Waals surface area contributed by atoms with Gasteiger partial charge in [-0.3, -0.25) is 0 Å². The molecule has 0 amide bonds. The fourth-order valence-electron chi connectivity index (χ4n) is 1.58. The highest BCUT2D eigenvalue weighted by Gasteiger charge is 2.06. The molecule has 0 radical (unpaired) electrons. The topological polar surface area (TPSA) is 37.0 Å². The van der Waals surface area contributed by atoms with E-state index in [-0.39, 0.29) is 0 Å². The number of aromatic nitrogens is 1. The summed E-state index contributed by atoms with van der Waals surface area (Å²) in [6.45, 7) is 8.01. The summed E-state index contributed by atoms with van der Waals surface area (Å²) in [6.07, 6.45) is 0. The molecule has 3 nitrogen and oxygen atoms in total. The van der Waals surface area contributed by atoms with Crippen molar-refractivity contribution in [2.75, 3.05) is 18.9 Å². The van der Waals surface area contributed by atoms with E-state index in [9.17, 15) is 0 Å². The first-order valence-electron chi connectivity index (χ1n) is 5.04. The third-order valence-electron chi connectivity index (χ3n) is 2.17. The molecule has 0 spiro atoms.